The number of rotatable bonds is 1. The summed E-state index contributed by atoms with van der Waals surface area (Å²) in [5.74, 6) is 0. The first-order chi connectivity index (χ1) is 4.72. The Labute approximate surface area is 64.7 Å². The highest BCUT2D eigenvalue weighted by molar-refractivity contribution is 7.94. The molecular formula is C8H12NS+. The molecule has 1 aromatic rings. The number of benzene rings is 1. The Morgan fingerprint density at radius 2 is 1.90 bits per heavy atom. The van der Waals surface area contributed by atoms with Gasteiger partial charge in [-0.3, -0.25) is 0 Å². The zero-order valence-electron chi connectivity index (χ0n) is 6.29. The van der Waals surface area contributed by atoms with Crippen molar-refractivity contribution < 1.29 is 0 Å². The SMILES string of the molecule is Cc1ccccc1[S+](C)N. The Balaban J connectivity index is 3.03. The van der Waals surface area contributed by atoms with Crippen LogP contribution in [0.3, 0.4) is 0 Å². The van der Waals surface area contributed by atoms with Crippen molar-refractivity contribution in [3.05, 3.63) is 29.8 Å². The van der Waals surface area contributed by atoms with Crippen molar-refractivity contribution in [3.63, 3.8) is 0 Å². The lowest BCUT2D eigenvalue weighted by Gasteiger charge is -1.97. The fraction of sp³-hybridized carbons (Fsp3) is 0.250. The molecule has 1 atom stereocenters. The summed E-state index contributed by atoms with van der Waals surface area (Å²) in [4.78, 5) is 1.27. The molecule has 0 aliphatic carbocycles. The molecule has 1 aromatic carbocycles. The van der Waals surface area contributed by atoms with E-state index in [4.69, 9.17) is 5.14 Å². The molecule has 0 radical (unpaired) electrons. The fourth-order valence-corrected chi connectivity index (χ4v) is 1.79. The lowest BCUT2D eigenvalue weighted by Crippen LogP contribution is -2.11. The van der Waals surface area contributed by atoms with E-state index in [2.05, 4.69) is 19.1 Å². The number of nitrogens with two attached hydrogens (primary N) is 1. The van der Waals surface area contributed by atoms with E-state index in [1.165, 1.54) is 10.5 Å². The zero-order valence-corrected chi connectivity index (χ0v) is 7.11. The number of hydrogen-bond donors (Lipinski definition) is 1. The molecule has 0 heterocycles. The van der Waals surface area contributed by atoms with Gasteiger partial charge in [0.2, 0.25) is 0 Å². The minimum atomic E-state index is -0.0905. The average Bonchev–Trinajstić information content (AvgIpc) is 1.88. The summed E-state index contributed by atoms with van der Waals surface area (Å²) in [5.41, 5.74) is 1.29. The second-order valence-corrected chi connectivity index (χ2v) is 3.88. The van der Waals surface area contributed by atoms with Gasteiger partial charge in [0.1, 0.15) is 17.3 Å². The van der Waals surface area contributed by atoms with Gasteiger partial charge in [0.15, 0.2) is 4.90 Å². The van der Waals surface area contributed by atoms with Gasteiger partial charge in [0, 0.05) is 5.56 Å². The van der Waals surface area contributed by atoms with E-state index in [-0.39, 0.29) is 11.1 Å². The lowest BCUT2D eigenvalue weighted by molar-refractivity contribution is 1.29. The van der Waals surface area contributed by atoms with Crippen LogP contribution in [-0.2, 0) is 11.1 Å². The van der Waals surface area contributed by atoms with E-state index >= 15 is 0 Å². The van der Waals surface area contributed by atoms with E-state index < -0.39 is 0 Å². The van der Waals surface area contributed by atoms with Crippen molar-refractivity contribution in [2.75, 3.05) is 6.26 Å². The summed E-state index contributed by atoms with van der Waals surface area (Å²) >= 11 is -0.0905. The van der Waals surface area contributed by atoms with Gasteiger partial charge < -0.3 is 0 Å². The van der Waals surface area contributed by atoms with Crippen molar-refractivity contribution in [2.24, 2.45) is 5.14 Å². The average molecular weight is 154 g/mol. The molecule has 2 N–H and O–H groups in total. The van der Waals surface area contributed by atoms with Crippen LogP contribution in [0.4, 0.5) is 0 Å². The Bertz CT molecular complexity index is 220. The maximum absolute atomic E-state index is 5.74. The van der Waals surface area contributed by atoms with Crippen LogP contribution in [0.5, 0.6) is 0 Å². The van der Waals surface area contributed by atoms with E-state index in [1.807, 2.05) is 18.4 Å². The maximum atomic E-state index is 5.74. The molecular weight excluding hydrogens is 142 g/mol. The molecule has 10 heavy (non-hydrogen) atoms. The molecule has 54 valence electrons. The van der Waals surface area contributed by atoms with E-state index in [9.17, 15) is 0 Å². The van der Waals surface area contributed by atoms with E-state index in [0.29, 0.717) is 0 Å². The summed E-state index contributed by atoms with van der Waals surface area (Å²) in [6.45, 7) is 2.09. The van der Waals surface area contributed by atoms with Crippen molar-refractivity contribution in [3.8, 4) is 0 Å². The van der Waals surface area contributed by atoms with Crippen LogP contribution in [0.1, 0.15) is 5.56 Å². The first-order valence-corrected chi connectivity index (χ1v) is 4.87. The largest absolute Gasteiger partial charge is 0.178 e. The molecule has 1 rings (SSSR count). The first-order valence-electron chi connectivity index (χ1n) is 3.18. The summed E-state index contributed by atoms with van der Waals surface area (Å²) in [6.07, 6.45) is 2.03. The van der Waals surface area contributed by atoms with Crippen LogP contribution in [0.2, 0.25) is 0 Å². The molecule has 0 aromatic heterocycles. The highest BCUT2D eigenvalue weighted by Crippen LogP contribution is 2.11. The summed E-state index contributed by atoms with van der Waals surface area (Å²) in [7, 11) is 0. The molecule has 0 fully saturated rings. The topological polar surface area (TPSA) is 26.0 Å². The summed E-state index contributed by atoms with van der Waals surface area (Å²) in [6, 6.07) is 8.23. The van der Waals surface area contributed by atoms with Gasteiger partial charge in [-0.1, -0.05) is 18.2 Å². The van der Waals surface area contributed by atoms with Gasteiger partial charge in [0.05, 0.1) is 0 Å². The highest BCUT2D eigenvalue weighted by atomic mass is 32.2. The van der Waals surface area contributed by atoms with Crippen LogP contribution in [0, 0.1) is 6.92 Å². The van der Waals surface area contributed by atoms with Crippen LogP contribution in [-0.4, -0.2) is 6.26 Å². The van der Waals surface area contributed by atoms with Crippen molar-refractivity contribution >= 4 is 11.1 Å². The van der Waals surface area contributed by atoms with Gasteiger partial charge in [-0.2, -0.15) is 0 Å². The number of aryl methyl sites for hydroxylation is 1. The lowest BCUT2D eigenvalue weighted by atomic mass is 10.2. The molecule has 0 bridgehead atoms. The van der Waals surface area contributed by atoms with Gasteiger partial charge in [-0.05, 0) is 13.0 Å². The standard InChI is InChI=1S/C8H12NS/c1-7-5-3-4-6-8(7)10(2)9/h3-6H,9H2,1-2H3/q+1. The van der Waals surface area contributed by atoms with Crippen LogP contribution >= 0.6 is 0 Å². The predicted octanol–water partition coefficient (Wildman–Crippen LogP) is 1.48. The monoisotopic (exact) mass is 154 g/mol. The molecule has 0 spiro atoms. The smallest absolute Gasteiger partial charge is 0.146 e. The van der Waals surface area contributed by atoms with Gasteiger partial charge in [-0.25, -0.2) is 0 Å². The second kappa shape index (κ2) is 3.08. The van der Waals surface area contributed by atoms with Crippen LogP contribution in [0.15, 0.2) is 29.2 Å². The molecule has 2 heteroatoms. The third-order valence-electron chi connectivity index (χ3n) is 1.44. The first kappa shape index (κ1) is 7.63. The van der Waals surface area contributed by atoms with Gasteiger partial charge in [-0.15, -0.1) is 5.14 Å². The van der Waals surface area contributed by atoms with Crippen molar-refractivity contribution in [1.29, 1.82) is 0 Å². The zero-order chi connectivity index (χ0) is 7.56. The Morgan fingerprint density at radius 3 is 2.30 bits per heavy atom. The summed E-state index contributed by atoms with van der Waals surface area (Å²) < 4.78 is 0. The Morgan fingerprint density at radius 1 is 1.30 bits per heavy atom. The molecule has 1 unspecified atom stereocenters. The van der Waals surface area contributed by atoms with Crippen molar-refractivity contribution in [2.45, 2.75) is 11.8 Å². The predicted molar refractivity (Wildman–Crippen MR) is 46.9 cm³/mol. The molecule has 0 aliphatic rings. The maximum Gasteiger partial charge on any atom is 0.178 e. The minimum Gasteiger partial charge on any atom is -0.146 e. The third kappa shape index (κ3) is 1.52. The Hall–Kier alpha value is -0.470. The minimum absolute atomic E-state index is 0.0905. The third-order valence-corrected chi connectivity index (χ3v) is 2.59. The van der Waals surface area contributed by atoms with Crippen LogP contribution in [0.25, 0.3) is 0 Å². The highest BCUT2D eigenvalue weighted by Gasteiger charge is 2.10. The van der Waals surface area contributed by atoms with E-state index in [1.54, 1.807) is 0 Å². The van der Waals surface area contributed by atoms with Gasteiger partial charge in [0.25, 0.3) is 0 Å². The second-order valence-electron chi connectivity index (χ2n) is 2.32. The van der Waals surface area contributed by atoms with Crippen molar-refractivity contribution in [1.82, 2.24) is 0 Å². The quantitative estimate of drug-likeness (QED) is 0.609. The van der Waals surface area contributed by atoms with Gasteiger partial charge >= 0.3 is 0 Å². The normalized spacial score (nSPS) is 13.1. The fourth-order valence-electron chi connectivity index (χ4n) is 0.918. The molecule has 0 saturated heterocycles. The number of hydrogen-bond acceptors (Lipinski definition) is 1. The van der Waals surface area contributed by atoms with E-state index in [0.717, 1.165) is 0 Å². The Kier molecular flexibility index (Phi) is 2.35. The molecule has 0 aliphatic heterocycles. The summed E-state index contributed by atoms with van der Waals surface area (Å²) in [5, 5.41) is 5.74. The molecule has 1 nitrogen and oxygen atoms in total. The molecule has 0 saturated carbocycles. The molecule has 0 amide bonds. The van der Waals surface area contributed by atoms with Crippen LogP contribution < -0.4 is 5.14 Å².